The number of aromatic hydroxyl groups is 1. The summed E-state index contributed by atoms with van der Waals surface area (Å²) in [6.07, 6.45) is -3.14. The topological polar surface area (TPSA) is 99.5 Å². The van der Waals surface area contributed by atoms with Gasteiger partial charge in [0, 0.05) is 25.2 Å². The van der Waals surface area contributed by atoms with Crippen LogP contribution < -0.4 is 5.01 Å². The number of benzene rings is 1. The summed E-state index contributed by atoms with van der Waals surface area (Å²) in [5.41, 5.74) is -1.07. The number of halogens is 3. The van der Waals surface area contributed by atoms with Crippen molar-refractivity contribution in [1.29, 1.82) is 0 Å². The minimum atomic E-state index is -4.49. The minimum absolute atomic E-state index is 0.00830. The van der Waals surface area contributed by atoms with Crippen LogP contribution in [-0.2, 0) is 15.7 Å². The largest absolute Gasteiger partial charge is 0.504 e. The van der Waals surface area contributed by atoms with E-state index in [1.54, 1.807) is 27.7 Å². The van der Waals surface area contributed by atoms with E-state index in [1.165, 1.54) is 47.8 Å². The smallest absolute Gasteiger partial charge is 0.416 e. The number of ether oxygens (including phenoxy) is 1. The van der Waals surface area contributed by atoms with Crippen molar-refractivity contribution in [2.45, 2.75) is 45.9 Å². The summed E-state index contributed by atoms with van der Waals surface area (Å²) in [6, 6.07) is 7.25. The summed E-state index contributed by atoms with van der Waals surface area (Å²) in [5, 5.41) is 17.4. The molecule has 0 saturated carbocycles. The van der Waals surface area contributed by atoms with E-state index >= 15 is 0 Å². The average Bonchev–Trinajstić information content (AvgIpc) is 3.51. The van der Waals surface area contributed by atoms with Gasteiger partial charge in [-0.2, -0.15) is 23.3 Å². The molecule has 0 spiro atoms. The van der Waals surface area contributed by atoms with Gasteiger partial charge in [0.05, 0.1) is 26.6 Å². The van der Waals surface area contributed by atoms with Crippen molar-refractivity contribution in [1.82, 2.24) is 4.90 Å². The van der Waals surface area contributed by atoms with E-state index in [-0.39, 0.29) is 44.9 Å². The molecule has 214 valence electrons. The summed E-state index contributed by atoms with van der Waals surface area (Å²) in [6.45, 7) is 6.95. The van der Waals surface area contributed by atoms with Crippen molar-refractivity contribution in [3.63, 3.8) is 0 Å². The normalized spacial score (nSPS) is 12.0. The number of alkyl halides is 3. The zero-order chi connectivity index (χ0) is 29.8. The Labute approximate surface area is 237 Å². The van der Waals surface area contributed by atoms with Crippen LogP contribution in [0, 0.1) is 0 Å². The molecule has 0 bridgehead atoms. The molecular formula is C27H28F3N3O5S2. The Bertz CT molecular complexity index is 1410. The quantitative estimate of drug-likeness (QED) is 0.178. The van der Waals surface area contributed by atoms with E-state index < -0.39 is 29.2 Å². The fourth-order valence-corrected chi connectivity index (χ4v) is 5.32. The van der Waals surface area contributed by atoms with Gasteiger partial charge in [-0.3, -0.25) is 14.4 Å². The summed E-state index contributed by atoms with van der Waals surface area (Å²) in [7, 11) is 1.54. The molecule has 0 aliphatic rings. The first kappa shape index (κ1) is 30.8. The zero-order valence-electron chi connectivity index (χ0n) is 22.4. The highest BCUT2D eigenvalue weighted by Crippen LogP contribution is 2.44. The molecule has 0 saturated heterocycles. The number of rotatable bonds is 8. The number of thiophene rings is 2. The second kappa shape index (κ2) is 12.2. The highest BCUT2D eigenvalue weighted by atomic mass is 32.1. The lowest BCUT2D eigenvalue weighted by molar-refractivity contribution is -0.155. The lowest BCUT2D eigenvalue weighted by Gasteiger charge is -2.21. The van der Waals surface area contributed by atoms with Crippen LogP contribution >= 0.6 is 22.7 Å². The maximum absolute atomic E-state index is 13.3. The van der Waals surface area contributed by atoms with Crippen LogP contribution in [0.3, 0.4) is 0 Å². The Morgan fingerprint density at radius 1 is 1.02 bits per heavy atom. The van der Waals surface area contributed by atoms with Gasteiger partial charge in [-0.05, 0) is 57.5 Å². The molecule has 0 atom stereocenters. The van der Waals surface area contributed by atoms with E-state index in [0.717, 1.165) is 39.8 Å². The predicted octanol–water partition coefficient (Wildman–Crippen LogP) is 6.66. The third-order valence-electron chi connectivity index (χ3n) is 5.32. The second-order valence-electron chi connectivity index (χ2n) is 9.59. The van der Waals surface area contributed by atoms with E-state index in [4.69, 9.17) is 4.74 Å². The summed E-state index contributed by atoms with van der Waals surface area (Å²) >= 11 is 1.97. The van der Waals surface area contributed by atoms with Crippen molar-refractivity contribution < 1.29 is 37.4 Å². The number of carbonyl (C=O) groups excluding carboxylic acids is 3. The Morgan fingerprint density at radius 3 is 2.17 bits per heavy atom. The maximum Gasteiger partial charge on any atom is 0.416 e. The van der Waals surface area contributed by atoms with Crippen LogP contribution in [0.15, 0.2) is 46.9 Å². The van der Waals surface area contributed by atoms with Crippen molar-refractivity contribution in [3.8, 4) is 16.2 Å². The molecule has 2 aromatic heterocycles. The van der Waals surface area contributed by atoms with Crippen LogP contribution in [0.4, 0.5) is 18.9 Å². The SMILES string of the molecule is CC=NN(C(=O)c1ccc(C(=O)N(C)CCC(=O)OC(C)(C)C)s1)c1csc(-c2ccc(C(F)(F)F)cc2)c1O. The molecule has 2 amide bonds. The molecule has 0 aliphatic heterocycles. The standard InChI is InChI=1S/C27H28F3N3O5S2/c1-6-31-33(18-15-39-23(22(18)35)16-7-9-17(10-8-16)27(28,29)30)25(37)20-12-11-19(40-20)24(36)32(5)14-13-21(34)38-26(2,3)4/h6-12,15,35H,13-14H2,1-5H3. The highest BCUT2D eigenvalue weighted by Gasteiger charge is 2.31. The van der Waals surface area contributed by atoms with Crippen LogP contribution in [0.2, 0.25) is 0 Å². The number of esters is 1. The first-order valence-electron chi connectivity index (χ1n) is 12.0. The Kier molecular flexibility index (Phi) is 9.41. The molecule has 0 aliphatic carbocycles. The fraction of sp³-hybridized carbons (Fsp3) is 0.333. The summed E-state index contributed by atoms with van der Waals surface area (Å²) < 4.78 is 44.0. The molecule has 0 fully saturated rings. The Hall–Kier alpha value is -3.71. The number of hydrogen-bond donors (Lipinski definition) is 1. The minimum Gasteiger partial charge on any atom is -0.504 e. The first-order valence-corrected chi connectivity index (χ1v) is 13.7. The van der Waals surface area contributed by atoms with Gasteiger partial charge in [-0.25, -0.2) is 0 Å². The van der Waals surface area contributed by atoms with Gasteiger partial charge in [-0.1, -0.05) is 12.1 Å². The lowest BCUT2D eigenvalue weighted by atomic mass is 10.1. The molecular weight excluding hydrogens is 567 g/mol. The highest BCUT2D eigenvalue weighted by molar-refractivity contribution is 7.16. The average molecular weight is 596 g/mol. The van der Waals surface area contributed by atoms with Crippen molar-refractivity contribution in [2.24, 2.45) is 5.10 Å². The molecule has 1 aromatic carbocycles. The van der Waals surface area contributed by atoms with E-state index in [9.17, 15) is 32.7 Å². The molecule has 1 N–H and O–H groups in total. The molecule has 13 heteroatoms. The monoisotopic (exact) mass is 595 g/mol. The third kappa shape index (κ3) is 7.48. The lowest BCUT2D eigenvalue weighted by Crippen LogP contribution is -2.31. The predicted molar refractivity (Wildman–Crippen MR) is 149 cm³/mol. The van der Waals surface area contributed by atoms with E-state index in [1.807, 2.05) is 0 Å². The summed E-state index contributed by atoms with van der Waals surface area (Å²) in [4.78, 5) is 40.2. The number of amides is 2. The van der Waals surface area contributed by atoms with Crippen LogP contribution in [0.1, 0.15) is 59.0 Å². The molecule has 2 heterocycles. The molecule has 0 unspecified atom stereocenters. The van der Waals surface area contributed by atoms with Crippen molar-refractivity contribution >= 4 is 52.4 Å². The van der Waals surface area contributed by atoms with Gasteiger partial charge < -0.3 is 14.7 Å². The Balaban J connectivity index is 1.77. The third-order valence-corrected chi connectivity index (χ3v) is 7.38. The molecule has 0 radical (unpaired) electrons. The second-order valence-corrected chi connectivity index (χ2v) is 11.6. The van der Waals surface area contributed by atoms with Gasteiger partial charge in [0.25, 0.3) is 11.8 Å². The van der Waals surface area contributed by atoms with Gasteiger partial charge in [0.1, 0.15) is 11.3 Å². The molecule has 3 aromatic rings. The fourth-order valence-electron chi connectivity index (χ4n) is 3.46. The first-order chi connectivity index (χ1) is 18.6. The maximum atomic E-state index is 13.3. The van der Waals surface area contributed by atoms with E-state index in [2.05, 4.69) is 5.10 Å². The van der Waals surface area contributed by atoms with Crippen LogP contribution in [0.25, 0.3) is 10.4 Å². The number of anilines is 1. The van der Waals surface area contributed by atoms with Crippen molar-refractivity contribution in [3.05, 3.63) is 57.1 Å². The van der Waals surface area contributed by atoms with E-state index in [0.29, 0.717) is 5.56 Å². The summed E-state index contributed by atoms with van der Waals surface area (Å²) in [5.74, 6) is -1.77. The number of nitrogens with zero attached hydrogens (tertiary/aromatic N) is 3. The van der Waals surface area contributed by atoms with Crippen LogP contribution in [-0.4, -0.2) is 53.2 Å². The molecule has 8 nitrogen and oxygen atoms in total. The Morgan fingerprint density at radius 2 is 1.62 bits per heavy atom. The zero-order valence-corrected chi connectivity index (χ0v) is 24.0. The van der Waals surface area contributed by atoms with Gasteiger partial charge in [-0.15, -0.1) is 22.7 Å². The van der Waals surface area contributed by atoms with Crippen molar-refractivity contribution in [2.75, 3.05) is 18.6 Å². The van der Waals surface area contributed by atoms with Gasteiger partial charge in [0.15, 0.2) is 5.75 Å². The van der Waals surface area contributed by atoms with Gasteiger partial charge >= 0.3 is 12.1 Å². The molecule has 3 rings (SSSR count). The van der Waals surface area contributed by atoms with Gasteiger partial charge in [0.2, 0.25) is 0 Å². The number of carbonyl (C=O) groups is 3. The number of hydrazone groups is 1. The number of hydrogen-bond acceptors (Lipinski definition) is 8. The van der Waals surface area contributed by atoms with Crippen LogP contribution in [0.5, 0.6) is 5.75 Å². The molecule has 40 heavy (non-hydrogen) atoms.